The molecule has 0 aromatic heterocycles. The fraction of sp³-hybridized carbons (Fsp3) is 0.174. The molecule has 4 rings (SSSR count). The van der Waals surface area contributed by atoms with E-state index in [1.807, 2.05) is 42.5 Å². The van der Waals surface area contributed by atoms with Crippen LogP contribution in [0.25, 0.3) is 0 Å². The maximum absolute atomic E-state index is 14.5. The first kappa shape index (κ1) is 17.4. The molecule has 0 bridgehead atoms. The summed E-state index contributed by atoms with van der Waals surface area (Å²) in [6.07, 6.45) is 3.01. The average Bonchev–Trinajstić information content (AvgIpc) is 3.18. The van der Waals surface area contributed by atoms with Crippen LogP contribution in [-0.4, -0.2) is 13.0 Å². The molecule has 1 atom stereocenters. The molecule has 0 saturated heterocycles. The molecule has 0 amide bonds. The molecule has 1 aliphatic heterocycles. The summed E-state index contributed by atoms with van der Waals surface area (Å²) < 4.78 is 34.4. The van der Waals surface area contributed by atoms with Crippen LogP contribution in [0.15, 0.2) is 77.8 Å². The van der Waals surface area contributed by atoms with Gasteiger partial charge in [0, 0.05) is 0 Å². The molecule has 0 aliphatic carbocycles. The molecule has 136 valence electrons. The van der Waals surface area contributed by atoms with E-state index in [9.17, 15) is 8.78 Å². The number of ether oxygens (including phenoxy) is 1. The second-order valence-corrected chi connectivity index (χ2v) is 6.69. The molecular formula is C23H19F2NO. The Labute approximate surface area is 157 Å². The number of benzene rings is 3. The van der Waals surface area contributed by atoms with Crippen LogP contribution in [0, 0.1) is 11.6 Å². The van der Waals surface area contributed by atoms with E-state index in [-0.39, 0.29) is 12.2 Å². The van der Waals surface area contributed by atoms with Crippen LogP contribution in [0.1, 0.15) is 22.3 Å². The van der Waals surface area contributed by atoms with Crippen molar-refractivity contribution in [2.24, 2.45) is 4.99 Å². The van der Waals surface area contributed by atoms with Gasteiger partial charge in [-0.15, -0.1) is 0 Å². The first-order valence-electron chi connectivity index (χ1n) is 8.92. The van der Waals surface area contributed by atoms with Gasteiger partial charge in [-0.05, 0) is 41.7 Å². The molecule has 0 saturated carbocycles. The van der Waals surface area contributed by atoms with E-state index in [0.29, 0.717) is 0 Å². The largest absolute Gasteiger partial charge is 0.480 e. The third-order valence-corrected chi connectivity index (χ3v) is 4.97. The number of halogens is 2. The quantitative estimate of drug-likeness (QED) is 0.621. The molecule has 0 spiro atoms. The van der Waals surface area contributed by atoms with Crippen molar-refractivity contribution in [1.82, 2.24) is 0 Å². The van der Waals surface area contributed by atoms with E-state index >= 15 is 0 Å². The normalized spacial score (nSPS) is 18.4. The highest BCUT2D eigenvalue weighted by atomic mass is 19.1. The number of rotatable bonds is 5. The summed E-state index contributed by atoms with van der Waals surface area (Å²) in [7, 11) is 0. The van der Waals surface area contributed by atoms with Crippen molar-refractivity contribution in [3.63, 3.8) is 0 Å². The molecule has 1 aliphatic rings. The topological polar surface area (TPSA) is 21.6 Å². The second kappa shape index (κ2) is 7.31. The lowest BCUT2D eigenvalue weighted by molar-refractivity contribution is 0.280. The van der Waals surface area contributed by atoms with E-state index in [1.54, 1.807) is 0 Å². The highest BCUT2D eigenvalue weighted by Gasteiger charge is 2.42. The van der Waals surface area contributed by atoms with Gasteiger partial charge in [-0.2, -0.15) is 0 Å². The smallest absolute Gasteiger partial charge is 0.170 e. The zero-order valence-corrected chi connectivity index (χ0v) is 14.7. The SMILES string of the molecule is Fc1cccc(F)c1C1(c2cccc(CCc3ccccc3)c2)COC=N1. The summed E-state index contributed by atoms with van der Waals surface area (Å²) in [6, 6.07) is 21.8. The summed E-state index contributed by atoms with van der Waals surface area (Å²) in [5.74, 6) is -1.24. The van der Waals surface area contributed by atoms with E-state index in [2.05, 4.69) is 17.1 Å². The Kier molecular flexibility index (Phi) is 4.71. The zero-order valence-electron chi connectivity index (χ0n) is 14.7. The maximum atomic E-state index is 14.5. The van der Waals surface area contributed by atoms with Crippen LogP contribution in [0.2, 0.25) is 0 Å². The van der Waals surface area contributed by atoms with Crippen molar-refractivity contribution in [2.75, 3.05) is 6.61 Å². The molecule has 0 fully saturated rings. The summed E-state index contributed by atoms with van der Waals surface area (Å²) >= 11 is 0. The molecular weight excluding hydrogens is 344 g/mol. The Morgan fingerprint density at radius 1 is 0.815 bits per heavy atom. The Balaban J connectivity index is 1.69. The monoisotopic (exact) mass is 363 g/mol. The van der Waals surface area contributed by atoms with Gasteiger partial charge in [-0.25, -0.2) is 13.8 Å². The Hall–Kier alpha value is -3.01. The van der Waals surface area contributed by atoms with Gasteiger partial charge >= 0.3 is 0 Å². The minimum absolute atomic E-state index is 0.0704. The van der Waals surface area contributed by atoms with E-state index < -0.39 is 17.2 Å². The lowest BCUT2D eigenvalue weighted by Gasteiger charge is -2.27. The Morgan fingerprint density at radius 2 is 1.48 bits per heavy atom. The third kappa shape index (κ3) is 3.35. The Bertz CT molecular complexity index is 951. The molecule has 27 heavy (non-hydrogen) atoms. The van der Waals surface area contributed by atoms with Gasteiger partial charge < -0.3 is 4.74 Å². The molecule has 3 aromatic rings. The lowest BCUT2D eigenvalue weighted by Crippen LogP contribution is -2.30. The van der Waals surface area contributed by atoms with Crippen LogP contribution in [-0.2, 0) is 23.1 Å². The summed E-state index contributed by atoms with van der Waals surface area (Å²) in [5, 5.41) is 0. The summed E-state index contributed by atoms with van der Waals surface area (Å²) in [4.78, 5) is 4.36. The number of nitrogens with zero attached hydrogens (tertiary/aromatic N) is 1. The van der Waals surface area contributed by atoms with Crippen LogP contribution < -0.4 is 0 Å². The van der Waals surface area contributed by atoms with Crippen LogP contribution >= 0.6 is 0 Å². The molecule has 2 nitrogen and oxygen atoms in total. The van der Waals surface area contributed by atoms with Gasteiger partial charge in [0.15, 0.2) is 11.9 Å². The predicted octanol–water partition coefficient (Wildman–Crippen LogP) is 5.05. The van der Waals surface area contributed by atoms with Crippen molar-refractivity contribution in [3.05, 3.63) is 107 Å². The van der Waals surface area contributed by atoms with Crippen molar-refractivity contribution in [3.8, 4) is 0 Å². The van der Waals surface area contributed by atoms with Crippen molar-refractivity contribution in [2.45, 2.75) is 18.4 Å². The molecule has 1 unspecified atom stereocenters. The van der Waals surface area contributed by atoms with Gasteiger partial charge in [-0.1, -0.05) is 60.7 Å². The molecule has 4 heteroatoms. The zero-order chi connectivity index (χ0) is 18.7. The summed E-state index contributed by atoms with van der Waals surface area (Å²) in [6.45, 7) is 0.0764. The van der Waals surface area contributed by atoms with E-state index in [4.69, 9.17) is 4.74 Å². The van der Waals surface area contributed by atoms with E-state index in [1.165, 1.54) is 30.2 Å². The third-order valence-electron chi connectivity index (χ3n) is 4.97. The minimum Gasteiger partial charge on any atom is -0.480 e. The van der Waals surface area contributed by atoms with Crippen LogP contribution in [0.4, 0.5) is 8.78 Å². The summed E-state index contributed by atoms with van der Waals surface area (Å²) in [5.41, 5.74) is 1.80. The number of hydrogen-bond donors (Lipinski definition) is 0. The highest BCUT2D eigenvalue weighted by Crippen LogP contribution is 2.39. The van der Waals surface area contributed by atoms with E-state index in [0.717, 1.165) is 24.0 Å². The average molecular weight is 363 g/mol. The van der Waals surface area contributed by atoms with Crippen LogP contribution in [0.5, 0.6) is 0 Å². The molecule has 1 heterocycles. The van der Waals surface area contributed by atoms with Gasteiger partial charge in [0.25, 0.3) is 0 Å². The highest BCUT2D eigenvalue weighted by molar-refractivity contribution is 5.56. The fourth-order valence-electron chi connectivity index (χ4n) is 3.57. The van der Waals surface area contributed by atoms with Gasteiger partial charge in [-0.3, -0.25) is 0 Å². The van der Waals surface area contributed by atoms with Crippen LogP contribution in [0.3, 0.4) is 0 Å². The van der Waals surface area contributed by atoms with Gasteiger partial charge in [0.2, 0.25) is 0 Å². The first-order chi connectivity index (χ1) is 13.2. The standard InChI is InChI=1S/C23H19F2NO/c24-20-10-5-11-21(25)22(20)23(15-27-16-26-23)19-9-4-8-18(14-19)13-12-17-6-2-1-3-7-17/h1-11,14,16H,12-13,15H2. The molecule has 0 N–H and O–H groups in total. The lowest BCUT2D eigenvalue weighted by atomic mass is 9.82. The second-order valence-electron chi connectivity index (χ2n) is 6.69. The first-order valence-corrected chi connectivity index (χ1v) is 8.92. The van der Waals surface area contributed by atoms with Crippen molar-refractivity contribution >= 4 is 6.40 Å². The van der Waals surface area contributed by atoms with Gasteiger partial charge in [0.05, 0.1) is 5.56 Å². The van der Waals surface area contributed by atoms with Crippen molar-refractivity contribution in [1.29, 1.82) is 0 Å². The minimum atomic E-state index is -1.20. The van der Waals surface area contributed by atoms with Gasteiger partial charge in [0.1, 0.15) is 18.2 Å². The number of aryl methyl sites for hydroxylation is 2. The number of hydrogen-bond acceptors (Lipinski definition) is 2. The maximum Gasteiger partial charge on any atom is 0.170 e. The molecule has 0 radical (unpaired) electrons. The fourth-order valence-corrected chi connectivity index (χ4v) is 3.57. The Morgan fingerprint density at radius 3 is 2.19 bits per heavy atom. The molecule has 3 aromatic carbocycles. The predicted molar refractivity (Wildman–Crippen MR) is 102 cm³/mol. The number of aliphatic imine (C=N–C) groups is 1. The van der Waals surface area contributed by atoms with Crippen molar-refractivity contribution < 1.29 is 13.5 Å².